The van der Waals surface area contributed by atoms with Gasteiger partial charge in [0, 0.05) is 17.6 Å². The maximum Gasteiger partial charge on any atom is 0.251 e. The van der Waals surface area contributed by atoms with Crippen molar-refractivity contribution >= 4 is 11.6 Å². The van der Waals surface area contributed by atoms with Crippen LogP contribution < -0.4 is 10.6 Å². The molecule has 0 spiro atoms. The first-order chi connectivity index (χ1) is 9.45. The third-order valence-electron chi connectivity index (χ3n) is 3.78. The molecule has 0 aliphatic heterocycles. The van der Waals surface area contributed by atoms with Gasteiger partial charge in [0.05, 0.1) is 0 Å². The average molecular weight is 282 g/mol. The number of amides is 1. The quantitative estimate of drug-likeness (QED) is 0.888. The summed E-state index contributed by atoms with van der Waals surface area (Å²) in [6.07, 6.45) is 3.94. The van der Waals surface area contributed by atoms with Crippen LogP contribution in [0.25, 0.3) is 0 Å². The van der Waals surface area contributed by atoms with Gasteiger partial charge in [0.15, 0.2) is 0 Å². The van der Waals surface area contributed by atoms with Gasteiger partial charge >= 0.3 is 0 Å². The molecule has 0 atom stereocenters. The van der Waals surface area contributed by atoms with Crippen LogP contribution in [0, 0.1) is 11.6 Å². The van der Waals surface area contributed by atoms with Gasteiger partial charge in [-0.05, 0) is 38.8 Å². The van der Waals surface area contributed by atoms with E-state index in [2.05, 4.69) is 10.6 Å². The van der Waals surface area contributed by atoms with E-state index in [4.69, 9.17) is 0 Å². The number of hydrogen-bond donors (Lipinski definition) is 2. The molecule has 1 aliphatic rings. The first-order valence-electron chi connectivity index (χ1n) is 7.00. The predicted molar refractivity (Wildman–Crippen MR) is 74.9 cm³/mol. The van der Waals surface area contributed by atoms with E-state index in [-0.39, 0.29) is 16.8 Å². The Morgan fingerprint density at radius 3 is 2.30 bits per heavy atom. The van der Waals surface area contributed by atoms with Crippen LogP contribution in [0.2, 0.25) is 0 Å². The van der Waals surface area contributed by atoms with E-state index in [1.54, 1.807) is 6.92 Å². The zero-order chi connectivity index (χ0) is 14.8. The zero-order valence-electron chi connectivity index (χ0n) is 11.9. The summed E-state index contributed by atoms with van der Waals surface area (Å²) in [5.74, 6) is -1.91. The number of halogens is 2. The van der Waals surface area contributed by atoms with E-state index in [1.807, 2.05) is 6.92 Å². The molecule has 1 fully saturated rings. The summed E-state index contributed by atoms with van der Waals surface area (Å²) in [5, 5.41) is 5.49. The van der Waals surface area contributed by atoms with E-state index < -0.39 is 17.5 Å². The van der Waals surface area contributed by atoms with Crippen LogP contribution in [0.3, 0.4) is 0 Å². The lowest BCUT2D eigenvalue weighted by Gasteiger charge is -2.25. The second-order valence-corrected chi connectivity index (χ2v) is 5.57. The number of anilines is 1. The smallest absolute Gasteiger partial charge is 0.251 e. The number of carbonyl (C=O) groups is 1. The molecular weight excluding hydrogens is 262 g/mol. The molecule has 1 aromatic carbocycles. The third kappa shape index (κ3) is 3.08. The molecule has 3 nitrogen and oxygen atoms in total. The van der Waals surface area contributed by atoms with Crippen LogP contribution in [-0.4, -0.2) is 18.0 Å². The number of hydrogen-bond acceptors (Lipinski definition) is 2. The van der Waals surface area contributed by atoms with Gasteiger partial charge in [0.2, 0.25) is 0 Å². The summed E-state index contributed by atoms with van der Waals surface area (Å²) in [7, 11) is 0. The number of carbonyl (C=O) groups excluding carboxylic acids is 1. The van der Waals surface area contributed by atoms with Crippen molar-refractivity contribution in [2.24, 2.45) is 0 Å². The van der Waals surface area contributed by atoms with Crippen molar-refractivity contribution in [2.45, 2.75) is 45.1 Å². The minimum atomic E-state index is -0.742. The van der Waals surface area contributed by atoms with E-state index >= 15 is 0 Å². The molecule has 0 aromatic heterocycles. The second kappa shape index (κ2) is 5.77. The Balaban J connectivity index is 2.18. The molecule has 1 aromatic rings. The molecule has 2 N–H and O–H groups in total. The first-order valence-corrected chi connectivity index (χ1v) is 7.00. The van der Waals surface area contributed by atoms with Crippen molar-refractivity contribution in [1.29, 1.82) is 0 Å². The molecule has 0 unspecified atom stereocenters. The molecule has 0 radical (unpaired) electrons. The van der Waals surface area contributed by atoms with Gasteiger partial charge in [-0.3, -0.25) is 4.79 Å². The van der Waals surface area contributed by atoms with Crippen molar-refractivity contribution < 1.29 is 13.6 Å². The highest BCUT2D eigenvalue weighted by molar-refractivity contribution is 5.95. The lowest BCUT2D eigenvalue weighted by Crippen LogP contribution is -2.43. The van der Waals surface area contributed by atoms with Crippen LogP contribution in [0.4, 0.5) is 14.5 Å². The summed E-state index contributed by atoms with van der Waals surface area (Å²) >= 11 is 0. The van der Waals surface area contributed by atoms with E-state index in [1.165, 1.54) is 0 Å². The lowest BCUT2D eigenvalue weighted by atomic mass is 10.00. The SMILES string of the molecule is CCNc1c(F)cc(C(=O)NC2(C)CCCC2)cc1F. The summed E-state index contributed by atoms with van der Waals surface area (Å²) in [5.41, 5.74) is -0.421. The maximum atomic E-state index is 13.8. The van der Waals surface area contributed by atoms with Crippen LogP contribution in [0.5, 0.6) is 0 Å². The Bertz CT molecular complexity index is 488. The van der Waals surface area contributed by atoms with Gasteiger partial charge in [-0.2, -0.15) is 0 Å². The Morgan fingerprint density at radius 1 is 1.25 bits per heavy atom. The maximum absolute atomic E-state index is 13.8. The highest BCUT2D eigenvalue weighted by atomic mass is 19.1. The third-order valence-corrected chi connectivity index (χ3v) is 3.78. The highest BCUT2D eigenvalue weighted by Crippen LogP contribution is 2.29. The van der Waals surface area contributed by atoms with Crippen LogP contribution in [0.15, 0.2) is 12.1 Å². The number of benzene rings is 1. The summed E-state index contributed by atoms with van der Waals surface area (Å²) in [6, 6.07) is 2.16. The van der Waals surface area contributed by atoms with Gasteiger partial charge in [0.25, 0.3) is 5.91 Å². The molecule has 1 saturated carbocycles. The van der Waals surface area contributed by atoms with Gasteiger partial charge in [-0.15, -0.1) is 0 Å². The van der Waals surface area contributed by atoms with Crippen molar-refractivity contribution in [3.63, 3.8) is 0 Å². The Morgan fingerprint density at radius 2 is 1.80 bits per heavy atom. The molecule has 2 rings (SSSR count). The van der Waals surface area contributed by atoms with Crippen molar-refractivity contribution in [1.82, 2.24) is 5.32 Å². The fourth-order valence-electron chi connectivity index (χ4n) is 2.68. The highest BCUT2D eigenvalue weighted by Gasteiger charge is 2.30. The summed E-state index contributed by atoms with van der Waals surface area (Å²) in [6.45, 7) is 4.13. The normalized spacial score (nSPS) is 17.0. The Kier molecular flexibility index (Phi) is 4.26. The molecule has 110 valence electrons. The van der Waals surface area contributed by atoms with Crippen LogP contribution >= 0.6 is 0 Å². The fraction of sp³-hybridized carbons (Fsp3) is 0.533. The Labute approximate surface area is 117 Å². The summed E-state index contributed by atoms with van der Waals surface area (Å²) < 4.78 is 27.6. The largest absolute Gasteiger partial charge is 0.381 e. The zero-order valence-corrected chi connectivity index (χ0v) is 11.9. The number of nitrogens with one attached hydrogen (secondary N) is 2. The number of rotatable bonds is 4. The lowest BCUT2D eigenvalue weighted by molar-refractivity contribution is 0.0907. The van der Waals surface area contributed by atoms with E-state index in [0.29, 0.717) is 6.54 Å². The molecule has 1 amide bonds. The topological polar surface area (TPSA) is 41.1 Å². The molecule has 1 aliphatic carbocycles. The monoisotopic (exact) mass is 282 g/mol. The van der Waals surface area contributed by atoms with Crippen LogP contribution in [-0.2, 0) is 0 Å². The molecular formula is C15H20F2N2O. The van der Waals surface area contributed by atoms with Crippen molar-refractivity contribution in [3.8, 4) is 0 Å². The first kappa shape index (κ1) is 14.8. The Hall–Kier alpha value is -1.65. The minimum absolute atomic E-state index is 0.0229. The molecule has 0 saturated heterocycles. The second-order valence-electron chi connectivity index (χ2n) is 5.57. The molecule has 20 heavy (non-hydrogen) atoms. The van der Waals surface area contributed by atoms with E-state index in [0.717, 1.165) is 37.8 Å². The van der Waals surface area contributed by atoms with Crippen LogP contribution in [0.1, 0.15) is 49.9 Å². The molecule has 5 heteroatoms. The molecule has 0 heterocycles. The molecule has 0 bridgehead atoms. The minimum Gasteiger partial charge on any atom is -0.381 e. The van der Waals surface area contributed by atoms with E-state index in [9.17, 15) is 13.6 Å². The van der Waals surface area contributed by atoms with Gasteiger partial charge < -0.3 is 10.6 Å². The fourth-order valence-corrected chi connectivity index (χ4v) is 2.68. The standard InChI is InChI=1S/C15H20F2N2O/c1-3-18-13-11(16)8-10(9-12(13)17)14(20)19-15(2)6-4-5-7-15/h8-9,18H,3-7H2,1-2H3,(H,19,20). The summed E-state index contributed by atoms with van der Waals surface area (Å²) in [4.78, 5) is 12.1. The van der Waals surface area contributed by atoms with Gasteiger partial charge in [0.1, 0.15) is 17.3 Å². The van der Waals surface area contributed by atoms with Gasteiger partial charge in [-0.25, -0.2) is 8.78 Å². The van der Waals surface area contributed by atoms with Crippen molar-refractivity contribution in [3.05, 3.63) is 29.3 Å². The van der Waals surface area contributed by atoms with Crippen molar-refractivity contribution in [2.75, 3.05) is 11.9 Å². The van der Waals surface area contributed by atoms with Gasteiger partial charge in [-0.1, -0.05) is 12.8 Å². The average Bonchev–Trinajstić information content (AvgIpc) is 2.80. The predicted octanol–water partition coefficient (Wildman–Crippen LogP) is 3.46.